The second-order valence-corrected chi connectivity index (χ2v) is 12.2. The molecule has 0 aromatic rings. The van der Waals surface area contributed by atoms with E-state index in [1.807, 2.05) is 26.8 Å². The Kier molecular flexibility index (Phi) is 7.38. The highest BCUT2D eigenvalue weighted by Crippen LogP contribution is 2.68. The Hall–Kier alpha value is -1.53. The maximum absolute atomic E-state index is 13.4. The predicted molar refractivity (Wildman–Crippen MR) is 132 cm³/mol. The first-order valence-corrected chi connectivity index (χ1v) is 13.9. The van der Waals surface area contributed by atoms with E-state index in [4.69, 9.17) is 4.74 Å². The molecule has 35 heavy (non-hydrogen) atoms. The monoisotopic (exact) mass is 488 g/mol. The molecule has 4 rings (SSSR count). The van der Waals surface area contributed by atoms with Crippen molar-refractivity contribution < 1.29 is 29.3 Å². The predicted octanol–water partition coefficient (Wildman–Crippen LogP) is 4.55. The number of carbonyl (C=O) groups is 3. The van der Waals surface area contributed by atoms with Crippen LogP contribution in [0.1, 0.15) is 98.3 Å². The van der Waals surface area contributed by atoms with Gasteiger partial charge in [0.1, 0.15) is 6.61 Å². The molecule has 3 fully saturated rings. The van der Waals surface area contributed by atoms with Gasteiger partial charge in [-0.25, -0.2) is 0 Å². The molecule has 0 aromatic carbocycles. The van der Waals surface area contributed by atoms with E-state index in [1.54, 1.807) is 0 Å². The van der Waals surface area contributed by atoms with Gasteiger partial charge in [0.15, 0.2) is 11.4 Å². The molecule has 0 radical (unpaired) electrons. The van der Waals surface area contributed by atoms with Crippen LogP contribution in [-0.4, -0.2) is 46.1 Å². The van der Waals surface area contributed by atoms with Crippen molar-refractivity contribution in [2.75, 3.05) is 6.61 Å². The van der Waals surface area contributed by atoms with E-state index in [0.717, 1.165) is 51.4 Å². The topological polar surface area (TPSA) is 101 Å². The number of carbonyl (C=O) groups excluding carboxylic acids is 3. The summed E-state index contributed by atoms with van der Waals surface area (Å²) >= 11 is 0. The fraction of sp³-hybridized carbons (Fsp3) is 0.828. The Morgan fingerprint density at radius 1 is 1.11 bits per heavy atom. The van der Waals surface area contributed by atoms with E-state index in [9.17, 15) is 24.6 Å². The quantitative estimate of drug-likeness (QED) is 0.486. The number of fused-ring (bicyclic) bond motifs is 5. The van der Waals surface area contributed by atoms with Crippen LogP contribution in [0.15, 0.2) is 11.6 Å². The Morgan fingerprint density at radius 2 is 1.80 bits per heavy atom. The zero-order valence-corrected chi connectivity index (χ0v) is 22.0. The van der Waals surface area contributed by atoms with E-state index in [-0.39, 0.29) is 40.8 Å². The van der Waals surface area contributed by atoms with Gasteiger partial charge in [0.05, 0.1) is 12.0 Å². The van der Waals surface area contributed by atoms with E-state index in [0.29, 0.717) is 19.3 Å². The smallest absolute Gasteiger partial charge is 0.309 e. The minimum absolute atomic E-state index is 0.0253. The van der Waals surface area contributed by atoms with Crippen molar-refractivity contribution in [3.63, 3.8) is 0 Å². The van der Waals surface area contributed by atoms with Crippen molar-refractivity contribution in [3.8, 4) is 0 Å². The summed E-state index contributed by atoms with van der Waals surface area (Å²) in [4.78, 5) is 38.9. The van der Waals surface area contributed by atoms with Gasteiger partial charge in [0, 0.05) is 11.8 Å². The Balaban J connectivity index is 1.69. The molecule has 6 nitrogen and oxygen atoms in total. The Morgan fingerprint density at radius 3 is 2.43 bits per heavy atom. The zero-order valence-electron chi connectivity index (χ0n) is 22.0. The van der Waals surface area contributed by atoms with Crippen LogP contribution < -0.4 is 0 Å². The number of hydrogen-bond donors (Lipinski definition) is 2. The van der Waals surface area contributed by atoms with Crippen LogP contribution in [0.4, 0.5) is 0 Å². The summed E-state index contributed by atoms with van der Waals surface area (Å²) in [6.07, 6.45) is 8.78. The Bertz CT molecular complexity index is 888. The number of Topliss-reactive ketones (excluding diaryl/α,β-unsaturated/α-hetero) is 1. The molecule has 0 aromatic heterocycles. The summed E-state index contributed by atoms with van der Waals surface area (Å²) in [5, 5.41) is 21.7. The lowest BCUT2D eigenvalue weighted by molar-refractivity contribution is -0.205. The molecule has 6 heteroatoms. The second-order valence-electron chi connectivity index (χ2n) is 12.2. The number of hydrogen-bond acceptors (Lipinski definition) is 6. The molecule has 3 saturated carbocycles. The van der Waals surface area contributed by atoms with Gasteiger partial charge in [-0.3, -0.25) is 14.4 Å². The highest BCUT2D eigenvalue weighted by atomic mass is 16.6. The molecule has 0 unspecified atom stereocenters. The van der Waals surface area contributed by atoms with Crippen LogP contribution in [0.5, 0.6) is 0 Å². The number of allylic oxidation sites excluding steroid dienone is 1. The lowest BCUT2D eigenvalue weighted by atomic mass is 9.45. The molecule has 0 aliphatic heterocycles. The molecule has 0 spiro atoms. The fourth-order valence-corrected chi connectivity index (χ4v) is 8.82. The third kappa shape index (κ3) is 4.03. The normalized spacial score (nSPS) is 40.5. The highest BCUT2D eigenvalue weighted by molar-refractivity contribution is 5.93. The summed E-state index contributed by atoms with van der Waals surface area (Å²) in [6.45, 7) is 7.63. The molecule has 4 aliphatic rings. The minimum atomic E-state index is -1.39. The maximum atomic E-state index is 13.4. The van der Waals surface area contributed by atoms with Crippen LogP contribution in [0.25, 0.3) is 0 Å². The van der Waals surface area contributed by atoms with Gasteiger partial charge in [-0.2, -0.15) is 0 Å². The highest BCUT2D eigenvalue weighted by Gasteiger charge is 2.70. The van der Waals surface area contributed by atoms with E-state index in [1.165, 1.54) is 5.57 Å². The van der Waals surface area contributed by atoms with E-state index >= 15 is 0 Å². The van der Waals surface area contributed by atoms with Crippen molar-refractivity contribution in [2.24, 2.45) is 34.5 Å². The lowest BCUT2D eigenvalue weighted by Crippen LogP contribution is -2.63. The first-order valence-electron chi connectivity index (χ1n) is 13.9. The van der Waals surface area contributed by atoms with Crippen molar-refractivity contribution in [1.29, 1.82) is 0 Å². The molecule has 2 N–H and O–H groups in total. The molecular weight excluding hydrogens is 444 g/mol. The van der Waals surface area contributed by atoms with Gasteiger partial charge >= 0.3 is 5.97 Å². The fourth-order valence-electron chi connectivity index (χ4n) is 8.82. The summed E-state index contributed by atoms with van der Waals surface area (Å²) in [6, 6.07) is 0. The van der Waals surface area contributed by atoms with Crippen molar-refractivity contribution in [1.82, 2.24) is 0 Å². The number of ketones is 2. The summed E-state index contributed by atoms with van der Waals surface area (Å²) in [7, 11) is 0. The summed E-state index contributed by atoms with van der Waals surface area (Å²) in [5.74, 6) is -0.505. The Labute approximate surface area is 209 Å². The third-order valence-corrected chi connectivity index (χ3v) is 10.5. The SMILES string of the molecule is CCCC(CCC)C(=O)O[C@@]1(C(=O)CO)CC[C@H]2[C@@H]3CCC4=CC(=O)CC[C@]4(C)[C@H]3[C@@H](O)C[C@@]21C. The molecule has 7 atom stereocenters. The first-order chi connectivity index (χ1) is 16.6. The number of aliphatic hydroxyl groups excluding tert-OH is 2. The molecule has 4 aliphatic carbocycles. The van der Waals surface area contributed by atoms with Crippen molar-refractivity contribution in [2.45, 2.75) is 110 Å². The molecule has 0 amide bonds. The lowest BCUT2D eigenvalue weighted by Gasteiger charge is -2.60. The van der Waals surface area contributed by atoms with Crippen molar-refractivity contribution >= 4 is 17.5 Å². The number of aliphatic hydroxyl groups is 2. The van der Waals surface area contributed by atoms with Crippen LogP contribution in [0.3, 0.4) is 0 Å². The molecule has 196 valence electrons. The average Bonchev–Trinajstić information content (AvgIpc) is 3.10. The van der Waals surface area contributed by atoms with Crippen LogP contribution in [0, 0.1) is 34.5 Å². The van der Waals surface area contributed by atoms with Crippen molar-refractivity contribution in [3.05, 3.63) is 11.6 Å². The average molecular weight is 489 g/mol. The van der Waals surface area contributed by atoms with Gasteiger partial charge in [-0.15, -0.1) is 0 Å². The van der Waals surface area contributed by atoms with Gasteiger partial charge in [-0.05, 0) is 80.6 Å². The van der Waals surface area contributed by atoms with Gasteiger partial charge in [0.25, 0.3) is 0 Å². The number of esters is 1. The largest absolute Gasteiger partial charge is 0.450 e. The maximum Gasteiger partial charge on any atom is 0.309 e. The van der Waals surface area contributed by atoms with Gasteiger partial charge in [-0.1, -0.05) is 46.1 Å². The van der Waals surface area contributed by atoms with Gasteiger partial charge < -0.3 is 14.9 Å². The van der Waals surface area contributed by atoms with Gasteiger partial charge in [0.2, 0.25) is 5.78 Å². The summed E-state index contributed by atoms with van der Waals surface area (Å²) < 4.78 is 6.25. The zero-order chi connectivity index (χ0) is 25.6. The molecular formula is C29H44O6. The first kappa shape index (κ1) is 26.5. The summed E-state index contributed by atoms with van der Waals surface area (Å²) in [5.41, 5.74) is -1.17. The standard InChI is InChI=1S/C29H44O6/c1-5-7-18(8-6-2)26(34)35-29(24(33)17-30)14-12-22-21-10-9-19-15-20(31)11-13-27(19,3)25(21)23(32)16-28(22,29)4/h15,18,21-23,25,30,32H,5-14,16-17H2,1-4H3/t21-,22-,23-,25+,27-,28-,29+/m0/s1. The number of rotatable bonds is 8. The van der Waals surface area contributed by atoms with E-state index in [2.05, 4.69) is 6.92 Å². The molecule has 0 bridgehead atoms. The third-order valence-electron chi connectivity index (χ3n) is 10.5. The minimum Gasteiger partial charge on any atom is -0.450 e. The van der Waals surface area contributed by atoms with Crippen LogP contribution in [0.2, 0.25) is 0 Å². The molecule has 0 heterocycles. The van der Waals surface area contributed by atoms with E-state index < -0.39 is 29.5 Å². The van der Waals surface area contributed by atoms with Crippen LogP contribution in [-0.2, 0) is 19.1 Å². The second kappa shape index (κ2) is 9.74. The number of ether oxygens (including phenoxy) is 1. The van der Waals surface area contributed by atoms with Crippen LogP contribution >= 0.6 is 0 Å². The molecule has 0 saturated heterocycles.